The monoisotopic (exact) mass is 258 g/mol. The molecule has 3 nitrogen and oxygen atoms in total. The van der Waals surface area contributed by atoms with Gasteiger partial charge in [-0.1, -0.05) is 0 Å². The molecule has 2 aliphatic rings. The second kappa shape index (κ2) is 7.62. The molecule has 100 valence electrons. The van der Waals surface area contributed by atoms with Crippen molar-refractivity contribution < 1.29 is 4.74 Å². The molecule has 2 unspecified atom stereocenters. The highest BCUT2D eigenvalue weighted by molar-refractivity contribution is 7.99. The molecule has 17 heavy (non-hydrogen) atoms. The van der Waals surface area contributed by atoms with Crippen LogP contribution < -0.4 is 10.6 Å². The molecule has 0 aromatic heterocycles. The lowest BCUT2D eigenvalue weighted by atomic mass is 10.0. The first-order valence-electron chi connectivity index (χ1n) is 6.97. The normalized spacial score (nSPS) is 29.1. The van der Waals surface area contributed by atoms with E-state index in [1.807, 2.05) is 0 Å². The summed E-state index contributed by atoms with van der Waals surface area (Å²) in [5.41, 5.74) is 0. The summed E-state index contributed by atoms with van der Waals surface area (Å²) in [7, 11) is 0. The van der Waals surface area contributed by atoms with E-state index in [2.05, 4.69) is 29.3 Å². The Bertz CT molecular complexity index is 204. The zero-order chi connectivity index (χ0) is 11.9. The Labute approximate surface area is 109 Å². The van der Waals surface area contributed by atoms with Crippen LogP contribution in [0.3, 0.4) is 0 Å². The summed E-state index contributed by atoms with van der Waals surface area (Å²) < 4.78 is 5.48. The summed E-state index contributed by atoms with van der Waals surface area (Å²) in [4.78, 5) is 0. The second-order valence-electron chi connectivity index (χ2n) is 5.33. The molecular formula is C13H26N2OS. The molecule has 0 saturated carbocycles. The van der Waals surface area contributed by atoms with Crippen LogP contribution >= 0.6 is 11.8 Å². The lowest BCUT2D eigenvalue weighted by Gasteiger charge is -2.28. The van der Waals surface area contributed by atoms with Crippen LogP contribution in [0.15, 0.2) is 0 Å². The SMILES string of the molecule is CC(CC1COCCN1)NCC1CCSCC1. The van der Waals surface area contributed by atoms with Gasteiger partial charge in [0.1, 0.15) is 0 Å². The minimum Gasteiger partial charge on any atom is -0.379 e. The van der Waals surface area contributed by atoms with Gasteiger partial charge in [-0.3, -0.25) is 0 Å². The number of thioether (sulfide) groups is 1. The molecule has 4 heteroatoms. The largest absolute Gasteiger partial charge is 0.379 e. The van der Waals surface area contributed by atoms with E-state index in [0.717, 1.165) is 25.7 Å². The maximum Gasteiger partial charge on any atom is 0.0620 e. The quantitative estimate of drug-likeness (QED) is 0.783. The van der Waals surface area contributed by atoms with Crippen molar-refractivity contribution in [3.05, 3.63) is 0 Å². The molecule has 0 aromatic rings. The first kappa shape index (κ1) is 13.7. The van der Waals surface area contributed by atoms with Gasteiger partial charge in [0, 0.05) is 18.6 Å². The summed E-state index contributed by atoms with van der Waals surface area (Å²) in [6, 6.07) is 1.15. The highest BCUT2D eigenvalue weighted by Gasteiger charge is 2.18. The van der Waals surface area contributed by atoms with Crippen molar-refractivity contribution >= 4 is 11.8 Å². The molecule has 2 aliphatic heterocycles. The summed E-state index contributed by atoms with van der Waals surface area (Å²) in [6.07, 6.45) is 3.98. The van der Waals surface area contributed by atoms with Crippen molar-refractivity contribution in [2.24, 2.45) is 5.92 Å². The minimum atomic E-state index is 0.549. The topological polar surface area (TPSA) is 33.3 Å². The van der Waals surface area contributed by atoms with E-state index >= 15 is 0 Å². The highest BCUT2D eigenvalue weighted by atomic mass is 32.2. The summed E-state index contributed by atoms with van der Waals surface area (Å²) in [5.74, 6) is 3.63. The van der Waals surface area contributed by atoms with Gasteiger partial charge in [0.2, 0.25) is 0 Å². The fraction of sp³-hybridized carbons (Fsp3) is 1.00. The van der Waals surface area contributed by atoms with Crippen LogP contribution in [0.25, 0.3) is 0 Å². The van der Waals surface area contributed by atoms with E-state index < -0.39 is 0 Å². The van der Waals surface area contributed by atoms with Gasteiger partial charge in [0.15, 0.2) is 0 Å². The van der Waals surface area contributed by atoms with E-state index in [4.69, 9.17) is 4.74 Å². The Kier molecular flexibility index (Phi) is 6.12. The van der Waals surface area contributed by atoms with Crippen molar-refractivity contribution in [3.8, 4) is 0 Å². The van der Waals surface area contributed by atoms with Crippen LogP contribution in [0.2, 0.25) is 0 Å². The molecule has 0 aliphatic carbocycles. The molecule has 2 fully saturated rings. The Morgan fingerprint density at radius 3 is 2.94 bits per heavy atom. The average molecular weight is 258 g/mol. The lowest BCUT2D eigenvalue weighted by Crippen LogP contribution is -2.45. The Balaban J connectivity index is 1.57. The van der Waals surface area contributed by atoms with Crippen LogP contribution in [0.5, 0.6) is 0 Å². The maximum absolute atomic E-state index is 5.48. The fourth-order valence-corrected chi connectivity index (χ4v) is 3.80. The van der Waals surface area contributed by atoms with Gasteiger partial charge in [-0.05, 0) is 50.2 Å². The first-order chi connectivity index (χ1) is 8.34. The molecule has 0 bridgehead atoms. The lowest BCUT2D eigenvalue weighted by molar-refractivity contribution is 0.0710. The molecule has 2 rings (SSSR count). The van der Waals surface area contributed by atoms with E-state index in [-0.39, 0.29) is 0 Å². The van der Waals surface area contributed by atoms with Crippen LogP contribution in [-0.2, 0) is 4.74 Å². The fourth-order valence-electron chi connectivity index (χ4n) is 2.60. The zero-order valence-electron chi connectivity index (χ0n) is 10.9. The summed E-state index contributed by atoms with van der Waals surface area (Å²) in [5, 5.41) is 7.21. The number of morpholine rings is 1. The molecule has 2 atom stereocenters. The number of rotatable bonds is 5. The smallest absolute Gasteiger partial charge is 0.0620 e. The molecule has 0 amide bonds. The number of hydrogen-bond acceptors (Lipinski definition) is 4. The average Bonchev–Trinajstić information content (AvgIpc) is 2.39. The molecule has 2 heterocycles. The van der Waals surface area contributed by atoms with Crippen LogP contribution in [0.4, 0.5) is 0 Å². The van der Waals surface area contributed by atoms with Crippen LogP contribution in [-0.4, -0.2) is 49.9 Å². The number of hydrogen-bond donors (Lipinski definition) is 2. The Morgan fingerprint density at radius 2 is 2.24 bits per heavy atom. The molecular weight excluding hydrogens is 232 g/mol. The summed E-state index contributed by atoms with van der Waals surface area (Å²) >= 11 is 2.11. The standard InChI is InChI=1S/C13H26N2OS/c1-11(8-13-10-16-5-4-14-13)15-9-12-2-6-17-7-3-12/h11-15H,2-10H2,1H3. The third-order valence-corrected chi connectivity index (χ3v) is 4.78. The van der Waals surface area contributed by atoms with Gasteiger partial charge in [0.05, 0.1) is 13.2 Å². The third-order valence-electron chi connectivity index (χ3n) is 3.73. The van der Waals surface area contributed by atoms with Crippen molar-refractivity contribution in [1.82, 2.24) is 10.6 Å². The van der Waals surface area contributed by atoms with Crippen molar-refractivity contribution in [3.63, 3.8) is 0 Å². The van der Waals surface area contributed by atoms with Gasteiger partial charge in [0.25, 0.3) is 0 Å². The van der Waals surface area contributed by atoms with E-state index in [1.165, 1.54) is 37.3 Å². The zero-order valence-corrected chi connectivity index (χ0v) is 11.7. The summed E-state index contributed by atoms with van der Waals surface area (Å²) in [6.45, 7) is 6.27. The first-order valence-corrected chi connectivity index (χ1v) is 8.12. The van der Waals surface area contributed by atoms with Crippen LogP contribution in [0, 0.1) is 5.92 Å². The predicted octanol–water partition coefficient (Wildman–Crippen LogP) is 1.49. The Morgan fingerprint density at radius 1 is 1.41 bits per heavy atom. The van der Waals surface area contributed by atoms with Gasteiger partial charge in [-0.2, -0.15) is 11.8 Å². The van der Waals surface area contributed by atoms with E-state index in [1.54, 1.807) is 0 Å². The van der Waals surface area contributed by atoms with Crippen LogP contribution in [0.1, 0.15) is 26.2 Å². The van der Waals surface area contributed by atoms with Crippen molar-refractivity contribution in [2.45, 2.75) is 38.3 Å². The second-order valence-corrected chi connectivity index (χ2v) is 6.55. The van der Waals surface area contributed by atoms with Crippen molar-refractivity contribution in [1.29, 1.82) is 0 Å². The number of nitrogens with one attached hydrogen (secondary N) is 2. The van der Waals surface area contributed by atoms with E-state index in [9.17, 15) is 0 Å². The predicted molar refractivity (Wildman–Crippen MR) is 74.7 cm³/mol. The number of ether oxygens (including phenoxy) is 1. The van der Waals surface area contributed by atoms with Gasteiger partial charge < -0.3 is 15.4 Å². The van der Waals surface area contributed by atoms with Crippen molar-refractivity contribution in [2.75, 3.05) is 37.8 Å². The Hall–Kier alpha value is 0.230. The molecule has 2 saturated heterocycles. The maximum atomic E-state index is 5.48. The third kappa shape index (κ3) is 5.16. The molecule has 0 aromatic carbocycles. The minimum absolute atomic E-state index is 0.549. The van der Waals surface area contributed by atoms with E-state index in [0.29, 0.717) is 12.1 Å². The van der Waals surface area contributed by atoms with Gasteiger partial charge in [-0.15, -0.1) is 0 Å². The van der Waals surface area contributed by atoms with Gasteiger partial charge >= 0.3 is 0 Å². The molecule has 0 spiro atoms. The van der Waals surface area contributed by atoms with Gasteiger partial charge in [-0.25, -0.2) is 0 Å². The molecule has 2 N–H and O–H groups in total. The highest BCUT2D eigenvalue weighted by Crippen LogP contribution is 2.22. The molecule has 0 radical (unpaired) electrons.